The first kappa shape index (κ1) is 11.7. The Bertz CT molecular complexity index is 486. The van der Waals surface area contributed by atoms with Crippen LogP contribution in [0.4, 0.5) is 11.5 Å². The summed E-state index contributed by atoms with van der Waals surface area (Å²) in [5.41, 5.74) is 6.44. The summed E-state index contributed by atoms with van der Waals surface area (Å²) in [6.45, 7) is 2.01. The smallest absolute Gasteiger partial charge is 0.215 e. The average Bonchev–Trinajstić information content (AvgIpc) is 2.85. The van der Waals surface area contributed by atoms with Crippen LogP contribution in [-0.4, -0.2) is 17.1 Å². The second-order valence-electron chi connectivity index (χ2n) is 3.53. The molecule has 0 aliphatic heterocycles. The van der Waals surface area contributed by atoms with E-state index in [2.05, 4.69) is 15.3 Å². The van der Waals surface area contributed by atoms with E-state index >= 15 is 0 Å². The molecule has 0 aliphatic rings. The third kappa shape index (κ3) is 2.65. The van der Waals surface area contributed by atoms with Crippen LogP contribution in [0.2, 0.25) is 0 Å². The van der Waals surface area contributed by atoms with Crippen LogP contribution in [0.1, 0.15) is 18.0 Å². The van der Waals surface area contributed by atoms with Crippen molar-refractivity contribution in [2.45, 2.75) is 13.0 Å². The Labute approximate surface area is 104 Å². The van der Waals surface area contributed by atoms with Gasteiger partial charge in [0.2, 0.25) is 5.88 Å². The molecule has 6 heteroatoms. The normalized spacial score (nSPS) is 12.1. The summed E-state index contributed by atoms with van der Waals surface area (Å²) < 4.78 is 5.06. The van der Waals surface area contributed by atoms with Gasteiger partial charge in [0, 0.05) is 17.6 Å². The van der Waals surface area contributed by atoms with Gasteiger partial charge >= 0.3 is 0 Å². The summed E-state index contributed by atoms with van der Waals surface area (Å²) in [6.07, 6.45) is 1.78. The molecule has 5 nitrogen and oxygen atoms in total. The van der Waals surface area contributed by atoms with E-state index in [1.54, 1.807) is 36.8 Å². The van der Waals surface area contributed by atoms with E-state index in [4.69, 9.17) is 10.5 Å². The Morgan fingerprint density at radius 1 is 1.47 bits per heavy atom. The molecule has 17 heavy (non-hydrogen) atoms. The summed E-state index contributed by atoms with van der Waals surface area (Å²) in [4.78, 5) is 8.50. The van der Waals surface area contributed by atoms with Gasteiger partial charge in [-0.3, -0.25) is 0 Å². The number of thiazole rings is 1. The van der Waals surface area contributed by atoms with Crippen LogP contribution in [-0.2, 0) is 0 Å². The number of anilines is 2. The van der Waals surface area contributed by atoms with Crippen LogP contribution in [0.3, 0.4) is 0 Å². The van der Waals surface area contributed by atoms with Crippen molar-refractivity contribution in [2.75, 3.05) is 18.2 Å². The fraction of sp³-hybridized carbons (Fsp3) is 0.273. The predicted molar refractivity (Wildman–Crippen MR) is 69.4 cm³/mol. The zero-order chi connectivity index (χ0) is 12.3. The SMILES string of the molecule is COc1ccc(N)c(NC(C)c2nccs2)n1. The first-order valence-electron chi connectivity index (χ1n) is 5.17. The number of nitrogen functional groups attached to an aromatic ring is 1. The standard InChI is InChI=1S/C11H14N4OS/c1-7(11-13-5-6-17-11)14-10-8(12)3-4-9(15-10)16-2/h3-7H,12H2,1-2H3,(H,14,15). The molecule has 2 aromatic rings. The summed E-state index contributed by atoms with van der Waals surface area (Å²) in [7, 11) is 1.58. The number of nitrogens with zero attached hydrogens (tertiary/aromatic N) is 2. The van der Waals surface area contributed by atoms with Crippen LogP contribution in [0.25, 0.3) is 0 Å². The second-order valence-corrected chi connectivity index (χ2v) is 4.45. The molecular formula is C11H14N4OS. The van der Waals surface area contributed by atoms with Gasteiger partial charge in [-0.05, 0) is 13.0 Å². The van der Waals surface area contributed by atoms with Crippen molar-refractivity contribution in [1.82, 2.24) is 9.97 Å². The number of hydrogen-bond acceptors (Lipinski definition) is 6. The molecule has 0 amide bonds. The molecular weight excluding hydrogens is 236 g/mol. The van der Waals surface area contributed by atoms with Gasteiger partial charge in [0.1, 0.15) is 5.01 Å². The molecule has 3 N–H and O–H groups in total. The van der Waals surface area contributed by atoms with Gasteiger partial charge in [-0.25, -0.2) is 4.98 Å². The topological polar surface area (TPSA) is 73.1 Å². The molecule has 1 atom stereocenters. The first-order chi connectivity index (χ1) is 8.20. The lowest BCUT2D eigenvalue weighted by Gasteiger charge is -2.14. The summed E-state index contributed by atoms with van der Waals surface area (Å²) in [6, 6.07) is 3.56. The maximum Gasteiger partial charge on any atom is 0.215 e. The molecule has 0 radical (unpaired) electrons. The maximum atomic E-state index is 5.85. The van der Waals surface area contributed by atoms with Crippen molar-refractivity contribution < 1.29 is 4.74 Å². The zero-order valence-electron chi connectivity index (χ0n) is 9.68. The van der Waals surface area contributed by atoms with Crippen LogP contribution in [0, 0.1) is 0 Å². The molecule has 2 aromatic heterocycles. The van der Waals surface area contributed by atoms with Gasteiger partial charge in [-0.2, -0.15) is 4.98 Å². The lowest BCUT2D eigenvalue weighted by Crippen LogP contribution is -2.10. The molecule has 0 spiro atoms. The number of ether oxygens (including phenoxy) is 1. The van der Waals surface area contributed by atoms with Crippen molar-refractivity contribution in [3.05, 3.63) is 28.7 Å². The molecule has 2 rings (SSSR count). The second kappa shape index (κ2) is 5.01. The Balaban J connectivity index is 2.18. The largest absolute Gasteiger partial charge is 0.481 e. The van der Waals surface area contributed by atoms with Gasteiger partial charge < -0.3 is 15.8 Å². The third-order valence-corrected chi connectivity index (χ3v) is 3.24. The third-order valence-electron chi connectivity index (χ3n) is 2.29. The fourth-order valence-corrected chi connectivity index (χ4v) is 2.04. The minimum absolute atomic E-state index is 0.0666. The number of nitrogens with one attached hydrogen (secondary N) is 1. The molecule has 1 unspecified atom stereocenters. The highest BCUT2D eigenvalue weighted by molar-refractivity contribution is 7.09. The monoisotopic (exact) mass is 250 g/mol. The van der Waals surface area contributed by atoms with E-state index in [1.807, 2.05) is 12.3 Å². The number of methoxy groups -OCH3 is 1. The van der Waals surface area contributed by atoms with Gasteiger partial charge in [0.25, 0.3) is 0 Å². The van der Waals surface area contributed by atoms with E-state index < -0.39 is 0 Å². The van der Waals surface area contributed by atoms with Gasteiger partial charge in [-0.1, -0.05) is 0 Å². The van der Waals surface area contributed by atoms with Crippen molar-refractivity contribution in [3.8, 4) is 5.88 Å². The van der Waals surface area contributed by atoms with Gasteiger partial charge in [-0.15, -0.1) is 11.3 Å². The fourth-order valence-electron chi connectivity index (χ4n) is 1.40. The molecule has 2 heterocycles. The molecule has 0 fully saturated rings. The summed E-state index contributed by atoms with van der Waals surface area (Å²) in [5, 5.41) is 6.15. The van der Waals surface area contributed by atoms with Crippen LogP contribution < -0.4 is 15.8 Å². The lowest BCUT2D eigenvalue weighted by molar-refractivity contribution is 0.398. The van der Waals surface area contributed by atoms with Crippen LogP contribution >= 0.6 is 11.3 Å². The number of pyridine rings is 1. The van der Waals surface area contributed by atoms with Crippen molar-refractivity contribution in [2.24, 2.45) is 0 Å². The van der Waals surface area contributed by atoms with Crippen LogP contribution in [0.5, 0.6) is 5.88 Å². The average molecular weight is 250 g/mol. The minimum Gasteiger partial charge on any atom is -0.481 e. The molecule has 0 aromatic carbocycles. The molecule has 0 saturated heterocycles. The van der Waals surface area contributed by atoms with E-state index in [0.717, 1.165) is 5.01 Å². The quantitative estimate of drug-likeness (QED) is 0.871. The van der Waals surface area contributed by atoms with E-state index in [-0.39, 0.29) is 6.04 Å². The molecule has 0 aliphatic carbocycles. The number of aromatic nitrogens is 2. The lowest BCUT2D eigenvalue weighted by atomic mass is 10.3. The number of rotatable bonds is 4. The van der Waals surface area contributed by atoms with Crippen molar-refractivity contribution in [1.29, 1.82) is 0 Å². The Morgan fingerprint density at radius 3 is 2.94 bits per heavy atom. The molecule has 0 bridgehead atoms. The number of nitrogens with two attached hydrogens (primary N) is 1. The van der Waals surface area contributed by atoms with Gasteiger partial charge in [0.15, 0.2) is 5.82 Å². The molecule has 90 valence electrons. The van der Waals surface area contributed by atoms with Crippen molar-refractivity contribution in [3.63, 3.8) is 0 Å². The molecule has 0 saturated carbocycles. The minimum atomic E-state index is 0.0666. The Morgan fingerprint density at radius 2 is 2.29 bits per heavy atom. The van der Waals surface area contributed by atoms with Crippen LogP contribution in [0.15, 0.2) is 23.7 Å². The highest BCUT2D eigenvalue weighted by Gasteiger charge is 2.11. The van der Waals surface area contributed by atoms with E-state index in [1.165, 1.54) is 0 Å². The Hall–Kier alpha value is -1.82. The highest BCUT2D eigenvalue weighted by atomic mass is 32.1. The maximum absolute atomic E-state index is 5.85. The number of hydrogen-bond donors (Lipinski definition) is 2. The zero-order valence-corrected chi connectivity index (χ0v) is 10.5. The predicted octanol–water partition coefficient (Wildman–Crippen LogP) is 2.30. The Kier molecular flexibility index (Phi) is 3.43. The van der Waals surface area contributed by atoms with E-state index in [0.29, 0.717) is 17.4 Å². The first-order valence-corrected chi connectivity index (χ1v) is 6.05. The summed E-state index contributed by atoms with van der Waals surface area (Å²) in [5.74, 6) is 1.15. The van der Waals surface area contributed by atoms with Gasteiger partial charge in [0.05, 0.1) is 18.8 Å². The highest BCUT2D eigenvalue weighted by Crippen LogP contribution is 2.25. The van der Waals surface area contributed by atoms with Crippen molar-refractivity contribution >= 4 is 22.8 Å². The van der Waals surface area contributed by atoms with E-state index in [9.17, 15) is 0 Å². The summed E-state index contributed by atoms with van der Waals surface area (Å²) >= 11 is 1.59.